The highest BCUT2D eigenvalue weighted by Crippen LogP contribution is 2.19. The van der Waals surface area contributed by atoms with E-state index >= 15 is 0 Å². The molecule has 0 aliphatic carbocycles. The van der Waals surface area contributed by atoms with E-state index in [1.54, 1.807) is 0 Å². The summed E-state index contributed by atoms with van der Waals surface area (Å²) in [6, 6.07) is 2.63. The monoisotopic (exact) mass is 283 g/mol. The summed E-state index contributed by atoms with van der Waals surface area (Å²) in [7, 11) is 0. The summed E-state index contributed by atoms with van der Waals surface area (Å²) in [4.78, 5) is 11.9. The molecule has 8 heteroatoms. The van der Waals surface area contributed by atoms with Crippen molar-refractivity contribution >= 4 is 5.91 Å². The van der Waals surface area contributed by atoms with Gasteiger partial charge in [0.2, 0.25) is 0 Å². The van der Waals surface area contributed by atoms with Crippen LogP contribution < -0.4 is 0 Å². The SMILES string of the molecule is O=C(c1cccc(F)c1F)N(CCO)CC(F)(F)F. The smallest absolute Gasteiger partial charge is 0.395 e. The van der Waals surface area contributed by atoms with Crippen LogP contribution in [0.25, 0.3) is 0 Å². The van der Waals surface area contributed by atoms with Crippen LogP contribution in [0.3, 0.4) is 0 Å². The predicted octanol–water partition coefficient (Wildman–Crippen LogP) is 1.96. The van der Waals surface area contributed by atoms with E-state index in [9.17, 15) is 26.7 Å². The molecule has 0 heterocycles. The van der Waals surface area contributed by atoms with Crippen molar-refractivity contribution in [3.63, 3.8) is 0 Å². The first-order valence-electron chi connectivity index (χ1n) is 5.17. The number of carbonyl (C=O) groups excluding carboxylic acids is 1. The molecule has 0 aliphatic heterocycles. The van der Waals surface area contributed by atoms with Gasteiger partial charge >= 0.3 is 6.18 Å². The summed E-state index contributed by atoms with van der Waals surface area (Å²) < 4.78 is 63.0. The van der Waals surface area contributed by atoms with Gasteiger partial charge in [0, 0.05) is 6.54 Å². The first kappa shape index (κ1) is 15.4. The zero-order chi connectivity index (χ0) is 14.6. The molecule has 106 valence electrons. The van der Waals surface area contributed by atoms with Crippen LogP contribution in [0.4, 0.5) is 22.0 Å². The first-order valence-corrected chi connectivity index (χ1v) is 5.17. The molecule has 0 radical (unpaired) electrons. The van der Waals surface area contributed by atoms with Crippen molar-refractivity contribution in [1.29, 1.82) is 0 Å². The van der Waals surface area contributed by atoms with Gasteiger partial charge in [0.15, 0.2) is 11.6 Å². The number of amides is 1. The maximum Gasteiger partial charge on any atom is 0.406 e. The van der Waals surface area contributed by atoms with Crippen molar-refractivity contribution in [1.82, 2.24) is 4.90 Å². The first-order chi connectivity index (χ1) is 8.76. The van der Waals surface area contributed by atoms with Crippen LogP contribution in [0.15, 0.2) is 18.2 Å². The van der Waals surface area contributed by atoms with Crippen LogP contribution >= 0.6 is 0 Å². The second kappa shape index (κ2) is 5.96. The van der Waals surface area contributed by atoms with E-state index in [4.69, 9.17) is 5.11 Å². The summed E-state index contributed by atoms with van der Waals surface area (Å²) in [6.07, 6.45) is -4.70. The van der Waals surface area contributed by atoms with Gasteiger partial charge in [0.25, 0.3) is 5.91 Å². The van der Waals surface area contributed by atoms with Gasteiger partial charge in [-0.1, -0.05) is 6.07 Å². The van der Waals surface area contributed by atoms with Crippen LogP contribution in [-0.2, 0) is 0 Å². The normalized spacial score (nSPS) is 11.5. The highest BCUT2D eigenvalue weighted by Gasteiger charge is 2.34. The second-order valence-corrected chi connectivity index (χ2v) is 3.67. The van der Waals surface area contributed by atoms with Gasteiger partial charge in [-0.05, 0) is 12.1 Å². The van der Waals surface area contributed by atoms with Crippen LogP contribution in [0.1, 0.15) is 10.4 Å². The molecule has 3 nitrogen and oxygen atoms in total. The Morgan fingerprint density at radius 3 is 2.42 bits per heavy atom. The van der Waals surface area contributed by atoms with E-state index in [-0.39, 0.29) is 4.90 Å². The maximum atomic E-state index is 13.3. The summed E-state index contributed by atoms with van der Waals surface area (Å²) in [5, 5.41) is 8.62. The maximum absolute atomic E-state index is 13.3. The fraction of sp³-hybridized carbons (Fsp3) is 0.364. The molecular weight excluding hydrogens is 273 g/mol. The van der Waals surface area contributed by atoms with Gasteiger partial charge in [-0.15, -0.1) is 0 Å². The van der Waals surface area contributed by atoms with Gasteiger partial charge in [-0.3, -0.25) is 4.79 Å². The minimum atomic E-state index is -4.70. The van der Waals surface area contributed by atoms with E-state index in [2.05, 4.69) is 0 Å². The van der Waals surface area contributed by atoms with E-state index in [0.717, 1.165) is 18.2 Å². The lowest BCUT2D eigenvalue weighted by atomic mass is 10.1. The number of hydrogen-bond acceptors (Lipinski definition) is 2. The third-order valence-corrected chi connectivity index (χ3v) is 2.21. The number of aliphatic hydroxyl groups is 1. The number of rotatable bonds is 4. The molecule has 1 amide bonds. The Morgan fingerprint density at radius 2 is 1.89 bits per heavy atom. The van der Waals surface area contributed by atoms with Crippen molar-refractivity contribution < 1.29 is 31.9 Å². The highest BCUT2D eigenvalue weighted by atomic mass is 19.4. The molecule has 0 unspecified atom stereocenters. The number of benzene rings is 1. The Balaban J connectivity index is 3.02. The number of aliphatic hydroxyl groups excluding tert-OH is 1. The average molecular weight is 283 g/mol. The van der Waals surface area contributed by atoms with Crippen LogP contribution in [0, 0.1) is 11.6 Å². The predicted molar refractivity (Wildman–Crippen MR) is 55.4 cm³/mol. The Morgan fingerprint density at radius 1 is 1.26 bits per heavy atom. The highest BCUT2D eigenvalue weighted by molar-refractivity contribution is 5.94. The molecule has 1 aromatic carbocycles. The van der Waals surface area contributed by atoms with Crippen LogP contribution in [0.2, 0.25) is 0 Å². The van der Waals surface area contributed by atoms with Gasteiger partial charge < -0.3 is 10.0 Å². The summed E-state index contributed by atoms with van der Waals surface area (Å²) in [6.45, 7) is -3.00. The van der Waals surface area contributed by atoms with E-state index in [1.807, 2.05) is 0 Å². The van der Waals surface area contributed by atoms with Crippen molar-refractivity contribution in [3.05, 3.63) is 35.4 Å². The molecule has 0 saturated heterocycles. The quantitative estimate of drug-likeness (QED) is 0.858. The average Bonchev–Trinajstić information content (AvgIpc) is 2.30. The fourth-order valence-electron chi connectivity index (χ4n) is 1.43. The number of carbonyl (C=O) groups is 1. The number of nitrogens with zero attached hydrogens (tertiary/aromatic N) is 1. The molecule has 1 aromatic rings. The molecule has 1 N–H and O–H groups in total. The second-order valence-electron chi connectivity index (χ2n) is 3.67. The topological polar surface area (TPSA) is 40.5 Å². The van der Waals surface area contributed by atoms with Gasteiger partial charge in [-0.25, -0.2) is 8.78 Å². The van der Waals surface area contributed by atoms with Crippen LogP contribution in [-0.4, -0.2) is 41.8 Å². The van der Waals surface area contributed by atoms with Gasteiger partial charge in [0.1, 0.15) is 6.54 Å². The molecule has 19 heavy (non-hydrogen) atoms. The van der Waals surface area contributed by atoms with Crippen molar-refractivity contribution in [2.45, 2.75) is 6.18 Å². The Hall–Kier alpha value is -1.70. The van der Waals surface area contributed by atoms with Gasteiger partial charge in [-0.2, -0.15) is 13.2 Å². The standard InChI is InChI=1S/C11H10F5NO2/c12-8-3-1-2-7(9(8)13)10(19)17(4-5-18)6-11(14,15)16/h1-3,18H,4-6H2. The van der Waals surface area contributed by atoms with E-state index < -0.39 is 49.0 Å². The lowest BCUT2D eigenvalue weighted by molar-refractivity contribution is -0.141. The summed E-state index contributed by atoms with van der Waals surface area (Å²) in [5.41, 5.74) is -0.808. The van der Waals surface area contributed by atoms with E-state index in [0.29, 0.717) is 0 Å². The number of alkyl halides is 3. The van der Waals surface area contributed by atoms with Crippen molar-refractivity contribution in [2.75, 3.05) is 19.7 Å². The molecule has 0 aromatic heterocycles. The fourth-order valence-corrected chi connectivity index (χ4v) is 1.43. The zero-order valence-electron chi connectivity index (χ0n) is 9.55. The zero-order valence-corrected chi connectivity index (χ0v) is 9.55. The molecule has 0 atom stereocenters. The number of hydrogen-bond donors (Lipinski definition) is 1. The molecule has 0 fully saturated rings. The van der Waals surface area contributed by atoms with Crippen molar-refractivity contribution in [3.8, 4) is 0 Å². The molecule has 0 spiro atoms. The van der Waals surface area contributed by atoms with Crippen LogP contribution in [0.5, 0.6) is 0 Å². The van der Waals surface area contributed by atoms with Gasteiger partial charge in [0.05, 0.1) is 12.2 Å². The summed E-state index contributed by atoms with van der Waals surface area (Å²) in [5.74, 6) is -4.18. The Labute approximate surface area is 105 Å². The third-order valence-electron chi connectivity index (χ3n) is 2.21. The number of halogens is 5. The lowest BCUT2D eigenvalue weighted by Gasteiger charge is -2.23. The molecule has 0 saturated carbocycles. The molecule has 0 bridgehead atoms. The molecule has 1 rings (SSSR count). The summed E-state index contributed by atoms with van der Waals surface area (Å²) >= 11 is 0. The minimum Gasteiger partial charge on any atom is -0.395 e. The lowest BCUT2D eigenvalue weighted by Crippen LogP contribution is -2.41. The third kappa shape index (κ3) is 4.16. The Kier molecular flexibility index (Phi) is 4.82. The van der Waals surface area contributed by atoms with E-state index in [1.165, 1.54) is 0 Å². The minimum absolute atomic E-state index is 0.206. The Bertz CT molecular complexity index is 461. The molecule has 0 aliphatic rings. The molecular formula is C11H10F5NO2. The largest absolute Gasteiger partial charge is 0.406 e. The van der Waals surface area contributed by atoms with Crippen molar-refractivity contribution in [2.24, 2.45) is 0 Å².